The van der Waals surface area contributed by atoms with Crippen molar-refractivity contribution in [2.45, 2.75) is 33.6 Å². The summed E-state index contributed by atoms with van der Waals surface area (Å²) in [5, 5.41) is 0. The second kappa shape index (κ2) is 12.9. The molecule has 2 N–H and O–H groups in total. The number of pyridine rings is 1. The van der Waals surface area contributed by atoms with Crippen LogP contribution in [-0.4, -0.2) is 18.1 Å². The second-order valence-electron chi connectivity index (χ2n) is 4.95. The van der Waals surface area contributed by atoms with E-state index >= 15 is 0 Å². The fourth-order valence-corrected chi connectivity index (χ4v) is 1.75. The van der Waals surface area contributed by atoms with E-state index in [1.54, 1.807) is 24.4 Å². The summed E-state index contributed by atoms with van der Waals surface area (Å²) in [6.07, 6.45) is 7.30. The third-order valence-corrected chi connectivity index (χ3v) is 3.07. The van der Waals surface area contributed by atoms with Crippen LogP contribution >= 0.6 is 0 Å². The van der Waals surface area contributed by atoms with Crippen molar-refractivity contribution in [3.8, 4) is 0 Å². The highest BCUT2D eigenvalue weighted by Gasteiger charge is 2.11. The Morgan fingerprint density at radius 1 is 1.29 bits per heavy atom. The molecule has 0 bridgehead atoms. The highest BCUT2D eigenvalue weighted by molar-refractivity contribution is 5.92. The van der Waals surface area contributed by atoms with Crippen LogP contribution in [-0.2, 0) is 11.2 Å². The van der Waals surface area contributed by atoms with Crippen LogP contribution in [0.15, 0.2) is 55.4 Å². The lowest BCUT2D eigenvalue weighted by molar-refractivity contribution is 0.0599. The molecule has 130 valence electrons. The van der Waals surface area contributed by atoms with Gasteiger partial charge in [0.15, 0.2) is 0 Å². The highest BCUT2D eigenvalue weighted by atomic mass is 16.5. The summed E-state index contributed by atoms with van der Waals surface area (Å²) in [6.45, 7) is 9.52. The van der Waals surface area contributed by atoms with Crippen molar-refractivity contribution in [3.05, 3.63) is 72.1 Å². The number of nitrogens with two attached hydrogens (primary N) is 1. The molecule has 1 aromatic heterocycles. The van der Waals surface area contributed by atoms with Crippen molar-refractivity contribution in [1.82, 2.24) is 4.98 Å². The summed E-state index contributed by atoms with van der Waals surface area (Å²) in [4.78, 5) is 15.2. The molecule has 0 atom stereocenters. The van der Waals surface area contributed by atoms with Crippen LogP contribution in [0.5, 0.6) is 0 Å². The summed E-state index contributed by atoms with van der Waals surface area (Å²) < 4.78 is 4.64. The highest BCUT2D eigenvalue weighted by Crippen LogP contribution is 2.18. The van der Waals surface area contributed by atoms with E-state index in [4.69, 9.17) is 5.73 Å². The van der Waals surface area contributed by atoms with Gasteiger partial charge in [0.2, 0.25) is 0 Å². The number of aryl methyl sites for hydroxylation is 1. The predicted octanol–water partition coefficient (Wildman–Crippen LogP) is 4.59. The van der Waals surface area contributed by atoms with Crippen LogP contribution in [0.1, 0.15) is 41.8 Å². The molecule has 2 aromatic rings. The smallest absolute Gasteiger partial charge is 0.338 e. The number of ether oxygens (including phenoxy) is 1. The Labute approximate surface area is 145 Å². The SMILES string of the molecule is C=CCC.CCc1c(N)cccc1C(=O)OC.Cc1cccnc1. The number of nitrogen functional groups attached to an aromatic ring is 1. The maximum atomic E-state index is 11.3. The molecule has 2 rings (SSSR count). The third kappa shape index (κ3) is 8.13. The van der Waals surface area contributed by atoms with Gasteiger partial charge in [0, 0.05) is 18.1 Å². The summed E-state index contributed by atoms with van der Waals surface area (Å²) in [6, 6.07) is 9.20. The van der Waals surface area contributed by atoms with Crippen LogP contribution in [0, 0.1) is 6.92 Å². The number of rotatable bonds is 3. The maximum Gasteiger partial charge on any atom is 0.338 e. The Bertz CT molecular complexity index is 610. The third-order valence-electron chi connectivity index (χ3n) is 3.07. The van der Waals surface area contributed by atoms with Crippen LogP contribution in [0.25, 0.3) is 0 Å². The molecule has 24 heavy (non-hydrogen) atoms. The van der Waals surface area contributed by atoms with Crippen molar-refractivity contribution in [3.63, 3.8) is 0 Å². The molecule has 0 aliphatic rings. The number of allylic oxidation sites excluding steroid dienone is 1. The Hall–Kier alpha value is -2.62. The molecule has 0 fully saturated rings. The number of benzene rings is 1. The second-order valence-corrected chi connectivity index (χ2v) is 4.95. The van der Waals surface area contributed by atoms with Crippen molar-refractivity contribution >= 4 is 11.7 Å². The maximum absolute atomic E-state index is 11.3. The Morgan fingerprint density at radius 2 is 1.96 bits per heavy atom. The van der Waals surface area contributed by atoms with Crippen LogP contribution in [0.4, 0.5) is 5.69 Å². The van der Waals surface area contributed by atoms with E-state index in [-0.39, 0.29) is 5.97 Å². The van der Waals surface area contributed by atoms with Gasteiger partial charge in [-0.15, -0.1) is 6.58 Å². The molecule has 4 nitrogen and oxygen atoms in total. The number of hydrogen-bond acceptors (Lipinski definition) is 4. The molecule has 0 radical (unpaired) electrons. The van der Waals surface area contributed by atoms with E-state index in [0.717, 1.165) is 18.4 Å². The normalized spacial score (nSPS) is 8.83. The van der Waals surface area contributed by atoms with Gasteiger partial charge in [-0.2, -0.15) is 0 Å². The van der Waals surface area contributed by atoms with E-state index in [1.165, 1.54) is 12.7 Å². The molecule has 0 aliphatic carbocycles. The Kier molecular flexibility index (Phi) is 11.5. The minimum Gasteiger partial charge on any atom is -0.465 e. The first-order chi connectivity index (χ1) is 11.5. The van der Waals surface area contributed by atoms with Gasteiger partial charge in [-0.1, -0.05) is 32.1 Å². The summed E-state index contributed by atoms with van der Waals surface area (Å²) in [5.74, 6) is -0.329. The summed E-state index contributed by atoms with van der Waals surface area (Å²) >= 11 is 0. The van der Waals surface area contributed by atoms with E-state index in [9.17, 15) is 4.79 Å². The lowest BCUT2D eigenvalue weighted by Gasteiger charge is -2.07. The molecule has 0 spiro atoms. The predicted molar refractivity (Wildman–Crippen MR) is 101 cm³/mol. The number of hydrogen-bond donors (Lipinski definition) is 1. The number of anilines is 1. The molecule has 1 heterocycles. The number of carbonyl (C=O) groups is 1. The Balaban J connectivity index is 0.000000401. The van der Waals surface area contributed by atoms with E-state index in [1.807, 2.05) is 38.3 Å². The van der Waals surface area contributed by atoms with Crippen molar-refractivity contribution in [2.75, 3.05) is 12.8 Å². The first-order valence-electron chi connectivity index (χ1n) is 7.94. The topological polar surface area (TPSA) is 65.2 Å². The van der Waals surface area contributed by atoms with Gasteiger partial charge in [0.1, 0.15) is 0 Å². The van der Waals surface area contributed by atoms with Gasteiger partial charge in [0.05, 0.1) is 12.7 Å². The fraction of sp³-hybridized carbons (Fsp3) is 0.300. The average molecular weight is 328 g/mol. The molecular weight excluding hydrogens is 300 g/mol. The lowest BCUT2D eigenvalue weighted by atomic mass is 10.0. The minimum absolute atomic E-state index is 0.329. The number of carbonyl (C=O) groups excluding carboxylic acids is 1. The quantitative estimate of drug-likeness (QED) is 0.508. The largest absolute Gasteiger partial charge is 0.465 e. The van der Waals surface area contributed by atoms with Crippen LogP contribution in [0.3, 0.4) is 0 Å². The number of methoxy groups -OCH3 is 1. The number of esters is 1. The molecular formula is C20H28N2O2. The molecule has 0 saturated heterocycles. The zero-order valence-electron chi connectivity index (χ0n) is 15.1. The van der Waals surface area contributed by atoms with Gasteiger partial charge < -0.3 is 10.5 Å². The standard InChI is InChI=1S/C10H13NO2.C6H7N.C4H8/c1-3-7-8(10(12)13-2)5-4-6-9(7)11;1-6-3-2-4-7-5-6;1-3-4-2/h4-6H,3,11H2,1-2H3;2-5H,1H3;3H,1,4H2,2H3. The van der Waals surface area contributed by atoms with Crippen molar-refractivity contribution < 1.29 is 9.53 Å². The first kappa shape index (κ1) is 21.4. The monoisotopic (exact) mass is 328 g/mol. The minimum atomic E-state index is -0.329. The van der Waals surface area contributed by atoms with Gasteiger partial charge in [-0.25, -0.2) is 4.79 Å². The van der Waals surface area contributed by atoms with Crippen molar-refractivity contribution in [1.29, 1.82) is 0 Å². The molecule has 0 saturated carbocycles. The van der Waals surface area contributed by atoms with E-state index in [2.05, 4.69) is 23.2 Å². The fourth-order valence-electron chi connectivity index (χ4n) is 1.75. The number of aromatic nitrogens is 1. The van der Waals surface area contributed by atoms with Crippen molar-refractivity contribution in [2.24, 2.45) is 0 Å². The zero-order valence-corrected chi connectivity index (χ0v) is 15.1. The molecule has 0 aliphatic heterocycles. The van der Waals surface area contributed by atoms with Gasteiger partial charge in [-0.3, -0.25) is 4.98 Å². The van der Waals surface area contributed by atoms with Gasteiger partial charge in [-0.05, 0) is 49.1 Å². The van der Waals surface area contributed by atoms with Gasteiger partial charge in [0.25, 0.3) is 0 Å². The summed E-state index contributed by atoms with van der Waals surface area (Å²) in [7, 11) is 1.37. The number of nitrogens with zero attached hydrogens (tertiary/aromatic N) is 1. The Morgan fingerprint density at radius 3 is 2.33 bits per heavy atom. The molecule has 1 aromatic carbocycles. The first-order valence-corrected chi connectivity index (χ1v) is 7.94. The van der Waals surface area contributed by atoms with Crippen LogP contribution < -0.4 is 5.73 Å². The van der Waals surface area contributed by atoms with Gasteiger partial charge >= 0.3 is 5.97 Å². The van der Waals surface area contributed by atoms with E-state index in [0.29, 0.717) is 11.3 Å². The summed E-state index contributed by atoms with van der Waals surface area (Å²) in [5.41, 5.74) is 8.99. The van der Waals surface area contributed by atoms with Crippen LogP contribution in [0.2, 0.25) is 0 Å². The zero-order chi connectivity index (χ0) is 18.4. The van der Waals surface area contributed by atoms with E-state index < -0.39 is 0 Å². The molecule has 0 unspecified atom stereocenters. The average Bonchev–Trinajstić information content (AvgIpc) is 2.62. The molecule has 0 amide bonds. The lowest BCUT2D eigenvalue weighted by Crippen LogP contribution is -2.07. The molecule has 4 heteroatoms.